The largest absolute Gasteiger partial charge is 0.478 e. The standard InChI is InChI=1S/C20H20F2N2O2/c1-4-17(14-9-7-6-8-10-14)24(5-2)13(3)23-16-12-11-15(20(25)26)18(21)19(16)22/h4,6-12H,5H2,1-3H3,(H,25,26)/b17-4-,23-13?. The molecule has 0 saturated carbocycles. The highest BCUT2D eigenvalue weighted by Crippen LogP contribution is 2.26. The molecule has 0 fully saturated rings. The molecule has 0 aliphatic carbocycles. The van der Waals surface area contributed by atoms with Gasteiger partial charge in [-0.3, -0.25) is 0 Å². The van der Waals surface area contributed by atoms with Gasteiger partial charge >= 0.3 is 5.97 Å². The summed E-state index contributed by atoms with van der Waals surface area (Å²) in [5.74, 6) is -3.75. The molecule has 0 radical (unpaired) electrons. The molecule has 0 aliphatic heterocycles. The zero-order valence-corrected chi connectivity index (χ0v) is 14.8. The zero-order chi connectivity index (χ0) is 19.3. The number of carbonyl (C=O) groups is 1. The molecular formula is C20H20F2N2O2. The molecule has 0 bridgehead atoms. The summed E-state index contributed by atoms with van der Waals surface area (Å²) in [5.41, 5.74) is 0.897. The summed E-state index contributed by atoms with van der Waals surface area (Å²) in [4.78, 5) is 16.9. The van der Waals surface area contributed by atoms with Crippen LogP contribution in [-0.2, 0) is 0 Å². The van der Waals surface area contributed by atoms with Crippen LogP contribution in [0.15, 0.2) is 53.5 Å². The quantitative estimate of drug-likeness (QED) is 0.598. The minimum atomic E-state index is -1.52. The lowest BCUT2D eigenvalue weighted by Crippen LogP contribution is -2.27. The van der Waals surface area contributed by atoms with E-state index in [1.165, 1.54) is 0 Å². The molecule has 136 valence electrons. The van der Waals surface area contributed by atoms with Crippen LogP contribution < -0.4 is 0 Å². The molecular weight excluding hydrogens is 338 g/mol. The van der Waals surface area contributed by atoms with Gasteiger partial charge in [-0.1, -0.05) is 36.4 Å². The molecule has 4 nitrogen and oxygen atoms in total. The molecule has 26 heavy (non-hydrogen) atoms. The zero-order valence-electron chi connectivity index (χ0n) is 14.8. The molecule has 0 heterocycles. The third kappa shape index (κ3) is 3.96. The summed E-state index contributed by atoms with van der Waals surface area (Å²) in [6, 6.07) is 11.8. The molecule has 0 aliphatic rings. The fraction of sp³-hybridized carbons (Fsp3) is 0.200. The SMILES string of the molecule is C/C=C(/c1ccccc1)N(CC)C(C)=Nc1ccc(C(=O)O)c(F)c1F. The maximum Gasteiger partial charge on any atom is 0.338 e. The molecule has 0 amide bonds. The Kier molecular flexibility index (Phi) is 6.22. The van der Waals surface area contributed by atoms with Crippen molar-refractivity contribution in [1.82, 2.24) is 4.90 Å². The molecule has 2 rings (SSSR count). The van der Waals surface area contributed by atoms with Gasteiger partial charge in [-0.05, 0) is 38.5 Å². The Labute approximate surface area is 151 Å². The lowest BCUT2D eigenvalue weighted by atomic mass is 10.1. The van der Waals surface area contributed by atoms with E-state index in [9.17, 15) is 13.6 Å². The van der Waals surface area contributed by atoms with Crippen molar-refractivity contribution < 1.29 is 18.7 Å². The van der Waals surface area contributed by atoms with E-state index >= 15 is 0 Å². The summed E-state index contributed by atoms with van der Waals surface area (Å²) in [7, 11) is 0. The second-order valence-electron chi connectivity index (χ2n) is 5.51. The van der Waals surface area contributed by atoms with Gasteiger partial charge in [-0.25, -0.2) is 18.6 Å². The van der Waals surface area contributed by atoms with E-state index in [2.05, 4.69) is 4.99 Å². The van der Waals surface area contributed by atoms with Gasteiger partial charge < -0.3 is 10.0 Å². The normalized spacial score (nSPS) is 12.2. The third-order valence-corrected chi connectivity index (χ3v) is 3.92. The maximum atomic E-state index is 14.2. The summed E-state index contributed by atoms with van der Waals surface area (Å²) in [6.07, 6.45) is 1.92. The topological polar surface area (TPSA) is 52.9 Å². The second kappa shape index (κ2) is 8.38. The number of aromatic carboxylic acids is 1. The van der Waals surface area contributed by atoms with Crippen LogP contribution in [0.3, 0.4) is 0 Å². The van der Waals surface area contributed by atoms with Crippen LogP contribution in [-0.4, -0.2) is 28.4 Å². The molecule has 1 N–H and O–H groups in total. The van der Waals surface area contributed by atoms with Crippen LogP contribution in [0.1, 0.15) is 36.7 Å². The minimum absolute atomic E-state index is 0.244. The number of rotatable bonds is 5. The van der Waals surface area contributed by atoms with Crippen LogP contribution >= 0.6 is 0 Å². The molecule has 0 unspecified atom stereocenters. The number of carboxylic acids is 1. The highest BCUT2D eigenvalue weighted by molar-refractivity contribution is 5.92. The molecule has 0 saturated heterocycles. The Morgan fingerprint density at radius 2 is 1.81 bits per heavy atom. The van der Waals surface area contributed by atoms with Crippen LogP contribution in [0.4, 0.5) is 14.5 Å². The molecule has 0 aromatic heterocycles. The first-order valence-electron chi connectivity index (χ1n) is 8.16. The van der Waals surface area contributed by atoms with Gasteiger partial charge in [0.1, 0.15) is 11.5 Å². The van der Waals surface area contributed by atoms with E-state index in [0.29, 0.717) is 12.4 Å². The first kappa shape index (κ1) is 19.3. The van der Waals surface area contributed by atoms with Crippen LogP contribution in [0.2, 0.25) is 0 Å². The van der Waals surface area contributed by atoms with Crippen molar-refractivity contribution >= 4 is 23.2 Å². The predicted molar refractivity (Wildman–Crippen MR) is 98.6 cm³/mol. The van der Waals surface area contributed by atoms with Crippen LogP contribution in [0.5, 0.6) is 0 Å². The third-order valence-electron chi connectivity index (χ3n) is 3.92. The minimum Gasteiger partial charge on any atom is -0.478 e. The number of aliphatic imine (C=N–C) groups is 1. The van der Waals surface area contributed by atoms with Gasteiger partial charge in [0.2, 0.25) is 0 Å². The van der Waals surface area contributed by atoms with Gasteiger partial charge in [0.25, 0.3) is 0 Å². The Hall–Kier alpha value is -3.02. The fourth-order valence-electron chi connectivity index (χ4n) is 2.69. The smallest absolute Gasteiger partial charge is 0.338 e. The second-order valence-corrected chi connectivity index (χ2v) is 5.51. The number of hydrogen-bond acceptors (Lipinski definition) is 2. The number of amidine groups is 1. The molecule has 2 aromatic carbocycles. The number of halogens is 2. The molecule has 0 atom stereocenters. The summed E-state index contributed by atoms with van der Waals surface area (Å²) < 4.78 is 28.1. The number of allylic oxidation sites excluding steroid dienone is 1. The number of hydrogen-bond donors (Lipinski definition) is 1. The van der Waals surface area contributed by atoms with Gasteiger partial charge in [-0.2, -0.15) is 0 Å². The van der Waals surface area contributed by atoms with Crippen LogP contribution in [0, 0.1) is 11.6 Å². The summed E-state index contributed by atoms with van der Waals surface area (Å²) in [6.45, 7) is 6.08. The number of nitrogens with zero attached hydrogens (tertiary/aromatic N) is 2. The van der Waals surface area contributed by atoms with Crippen molar-refractivity contribution in [3.05, 3.63) is 71.3 Å². The Morgan fingerprint density at radius 1 is 1.15 bits per heavy atom. The van der Waals surface area contributed by atoms with Gasteiger partial charge in [-0.15, -0.1) is 0 Å². The van der Waals surface area contributed by atoms with Crippen molar-refractivity contribution in [2.75, 3.05) is 6.54 Å². The van der Waals surface area contributed by atoms with E-state index in [4.69, 9.17) is 5.11 Å². The Balaban J connectivity index is 2.44. The lowest BCUT2D eigenvalue weighted by molar-refractivity contribution is 0.0690. The van der Waals surface area contributed by atoms with E-state index in [-0.39, 0.29) is 5.69 Å². The number of carboxylic acid groups (broad SMARTS) is 1. The van der Waals surface area contributed by atoms with E-state index in [0.717, 1.165) is 23.4 Å². The first-order chi connectivity index (χ1) is 12.4. The highest BCUT2D eigenvalue weighted by atomic mass is 19.2. The van der Waals surface area contributed by atoms with Crippen molar-refractivity contribution in [1.29, 1.82) is 0 Å². The van der Waals surface area contributed by atoms with Gasteiger partial charge in [0.05, 0.1) is 5.56 Å². The number of benzene rings is 2. The van der Waals surface area contributed by atoms with E-state index in [1.807, 2.05) is 55.2 Å². The first-order valence-corrected chi connectivity index (χ1v) is 8.16. The van der Waals surface area contributed by atoms with E-state index < -0.39 is 23.2 Å². The fourth-order valence-corrected chi connectivity index (χ4v) is 2.69. The monoisotopic (exact) mass is 358 g/mol. The van der Waals surface area contributed by atoms with Gasteiger partial charge in [0, 0.05) is 12.2 Å². The molecule has 2 aromatic rings. The highest BCUT2D eigenvalue weighted by Gasteiger charge is 2.19. The molecule has 0 spiro atoms. The van der Waals surface area contributed by atoms with Crippen LogP contribution in [0.25, 0.3) is 5.70 Å². The summed E-state index contributed by atoms with van der Waals surface area (Å²) in [5, 5.41) is 8.86. The van der Waals surface area contributed by atoms with E-state index in [1.54, 1.807) is 6.92 Å². The predicted octanol–water partition coefficient (Wildman–Crippen LogP) is 5.10. The van der Waals surface area contributed by atoms with Crippen molar-refractivity contribution in [3.63, 3.8) is 0 Å². The molecule has 6 heteroatoms. The van der Waals surface area contributed by atoms with Crippen molar-refractivity contribution in [2.24, 2.45) is 4.99 Å². The average molecular weight is 358 g/mol. The lowest BCUT2D eigenvalue weighted by Gasteiger charge is -2.26. The van der Waals surface area contributed by atoms with Crippen molar-refractivity contribution in [3.8, 4) is 0 Å². The Bertz CT molecular complexity index is 862. The summed E-state index contributed by atoms with van der Waals surface area (Å²) >= 11 is 0. The van der Waals surface area contributed by atoms with Crippen molar-refractivity contribution in [2.45, 2.75) is 20.8 Å². The van der Waals surface area contributed by atoms with Gasteiger partial charge in [0.15, 0.2) is 11.6 Å². The average Bonchev–Trinajstić information content (AvgIpc) is 2.63. The maximum absolute atomic E-state index is 14.2. The Morgan fingerprint density at radius 3 is 2.35 bits per heavy atom.